The summed E-state index contributed by atoms with van der Waals surface area (Å²) in [6.07, 6.45) is 0. The van der Waals surface area contributed by atoms with E-state index in [1.54, 1.807) is 31.2 Å². The quantitative estimate of drug-likeness (QED) is 0.803. The third-order valence-electron chi connectivity index (χ3n) is 2.32. The van der Waals surface area contributed by atoms with Crippen LogP contribution < -0.4 is 0 Å². The normalized spacial score (nSPS) is 9.95. The summed E-state index contributed by atoms with van der Waals surface area (Å²) in [5, 5.41) is 9.07. The van der Waals surface area contributed by atoms with Gasteiger partial charge in [-0.1, -0.05) is 23.5 Å². The zero-order chi connectivity index (χ0) is 13.8. The molecule has 96 valence electrons. The number of halogens is 1. The number of rotatable bonds is 3. The van der Waals surface area contributed by atoms with Gasteiger partial charge in [0.05, 0.1) is 27.7 Å². The molecule has 0 radical (unpaired) electrons. The van der Waals surface area contributed by atoms with Crippen LogP contribution in [0.1, 0.15) is 22.3 Å². The van der Waals surface area contributed by atoms with Crippen molar-refractivity contribution in [2.45, 2.75) is 6.92 Å². The van der Waals surface area contributed by atoms with Gasteiger partial charge in [0.2, 0.25) is 5.01 Å². The highest BCUT2D eigenvalue weighted by Gasteiger charge is 2.17. The van der Waals surface area contributed by atoms with E-state index in [1.165, 1.54) is 11.3 Å². The average molecular weight is 337 g/mol. The Bertz CT molecular complexity index is 644. The van der Waals surface area contributed by atoms with Crippen LogP contribution >= 0.6 is 27.3 Å². The van der Waals surface area contributed by atoms with E-state index in [4.69, 9.17) is 10.00 Å². The molecule has 2 rings (SSSR count). The van der Waals surface area contributed by atoms with Crippen molar-refractivity contribution in [1.29, 1.82) is 5.26 Å². The second-order valence-electron chi connectivity index (χ2n) is 3.55. The van der Waals surface area contributed by atoms with Crippen molar-refractivity contribution in [2.75, 3.05) is 6.61 Å². The molecule has 2 aromatic rings. The van der Waals surface area contributed by atoms with Crippen molar-refractivity contribution in [3.63, 3.8) is 0 Å². The molecule has 0 saturated carbocycles. The van der Waals surface area contributed by atoms with Crippen molar-refractivity contribution < 1.29 is 9.53 Å². The van der Waals surface area contributed by atoms with Gasteiger partial charge in [0.1, 0.15) is 0 Å². The van der Waals surface area contributed by atoms with Crippen LogP contribution in [-0.4, -0.2) is 17.6 Å². The number of ether oxygens (including phenoxy) is 1. The minimum atomic E-state index is -0.423. The Kier molecular flexibility index (Phi) is 4.30. The van der Waals surface area contributed by atoms with E-state index in [0.29, 0.717) is 22.9 Å². The Morgan fingerprint density at radius 3 is 2.74 bits per heavy atom. The third-order valence-corrected chi connectivity index (χ3v) is 4.01. The van der Waals surface area contributed by atoms with Crippen LogP contribution in [0.3, 0.4) is 0 Å². The Morgan fingerprint density at radius 1 is 1.47 bits per heavy atom. The van der Waals surface area contributed by atoms with Crippen molar-refractivity contribution in [2.24, 2.45) is 0 Å². The van der Waals surface area contributed by atoms with Crippen molar-refractivity contribution in [3.8, 4) is 17.3 Å². The summed E-state index contributed by atoms with van der Waals surface area (Å²) >= 11 is 4.63. The molecule has 0 fully saturated rings. The lowest BCUT2D eigenvalue weighted by Gasteiger charge is -1.98. The number of nitriles is 1. The monoisotopic (exact) mass is 336 g/mol. The predicted molar refractivity (Wildman–Crippen MR) is 75.9 cm³/mol. The van der Waals surface area contributed by atoms with Crippen molar-refractivity contribution in [3.05, 3.63) is 38.6 Å². The summed E-state index contributed by atoms with van der Waals surface area (Å²) in [6, 6.07) is 9.08. The molecule has 4 nitrogen and oxygen atoms in total. The van der Waals surface area contributed by atoms with Gasteiger partial charge in [-0.05, 0) is 35.0 Å². The molecule has 0 N–H and O–H groups in total. The molecule has 0 saturated heterocycles. The fourth-order valence-electron chi connectivity index (χ4n) is 1.46. The zero-order valence-electron chi connectivity index (χ0n) is 10.0. The highest BCUT2D eigenvalue weighted by atomic mass is 79.9. The Hall–Kier alpha value is -1.71. The van der Waals surface area contributed by atoms with Crippen LogP contribution in [0, 0.1) is 11.3 Å². The van der Waals surface area contributed by atoms with Crippen LogP contribution in [-0.2, 0) is 4.74 Å². The van der Waals surface area contributed by atoms with Crippen LogP contribution in [0.25, 0.3) is 11.3 Å². The van der Waals surface area contributed by atoms with Gasteiger partial charge in [0.15, 0.2) is 0 Å². The molecular weight excluding hydrogens is 328 g/mol. The molecule has 0 unspecified atom stereocenters. The van der Waals surface area contributed by atoms with Crippen molar-refractivity contribution >= 4 is 33.2 Å². The van der Waals surface area contributed by atoms with E-state index in [-0.39, 0.29) is 0 Å². The van der Waals surface area contributed by atoms with Crippen molar-refractivity contribution in [1.82, 2.24) is 4.98 Å². The molecule has 1 heterocycles. The first kappa shape index (κ1) is 13.7. The second kappa shape index (κ2) is 5.95. The summed E-state index contributed by atoms with van der Waals surface area (Å²) < 4.78 is 5.68. The lowest BCUT2D eigenvalue weighted by molar-refractivity contribution is 0.0526. The fourth-order valence-corrected chi connectivity index (χ4v) is 2.95. The number of carbonyl (C=O) groups excluding carboxylic acids is 1. The first-order valence-corrected chi connectivity index (χ1v) is 7.10. The Labute approximate surface area is 122 Å². The maximum atomic E-state index is 11.6. The number of hydrogen-bond donors (Lipinski definition) is 0. The van der Waals surface area contributed by atoms with E-state index in [9.17, 15) is 4.79 Å². The first-order chi connectivity index (χ1) is 9.15. The summed E-state index contributed by atoms with van der Waals surface area (Å²) in [5.41, 5.74) is 2.11. The topological polar surface area (TPSA) is 63.0 Å². The van der Waals surface area contributed by atoms with Gasteiger partial charge in [-0.25, -0.2) is 9.78 Å². The number of aromatic nitrogens is 1. The van der Waals surface area contributed by atoms with Gasteiger partial charge >= 0.3 is 5.97 Å². The number of benzene rings is 1. The number of nitrogens with zero attached hydrogens (tertiary/aromatic N) is 2. The highest BCUT2D eigenvalue weighted by molar-refractivity contribution is 9.11. The standard InChI is InChI=1S/C13H9BrN2O2S/c1-2-18-13(17)12-16-10(11(14)19-12)9-5-3-8(7-15)4-6-9/h3-6H,2H2,1H3. The third kappa shape index (κ3) is 3.00. The fraction of sp³-hybridized carbons (Fsp3) is 0.154. The summed E-state index contributed by atoms with van der Waals surface area (Å²) in [5.74, 6) is -0.423. The lowest BCUT2D eigenvalue weighted by Crippen LogP contribution is -2.03. The molecule has 19 heavy (non-hydrogen) atoms. The van der Waals surface area contributed by atoms with E-state index in [2.05, 4.69) is 27.0 Å². The SMILES string of the molecule is CCOC(=O)c1nc(-c2ccc(C#N)cc2)c(Br)s1. The number of thiazole rings is 1. The lowest BCUT2D eigenvalue weighted by atomic mass is 10.1. The highest BCUT2D eigenvalue weighted by Crippen LogP contribution is 2.33. The molecule has 6 heteroatoms. The van der Waals surface area contributed by atoms with Crippen LogP contribution in [0.4, 0.5) is 0 Å². The predicted octanol–water partition coefficient (Wildman–Crippen LogP) is 3.62. The van der Waals surface area contributed by atoms with Gasteiger partial charge in [0.25, 0.3) is 0 Å². The Balaban J connectivity index is 2.34. The van der Waals surface area contributed by atoms with Crippen LogP contribution in [0.2, 0.25) is 0 Å². The van der Waals surface area contributed by atoms with E-state index in [1.807, 2.05) is 0 Å². The molecule has 0 amide bonds. The average Bonchev–Trinajstić information content (AvgIpc) is 2.81. The first-order valence-electron chi connectivity index (χ1n) is 5.49. The van der Waals surface area contributed by atoms with E-state index < -0.39 is 5.97 Å². The number of carbonyl (C=O) groups is 1. The van der Waals surface area contributed by atoms with Gasteiger partial charge in [-0.2, -0.15) is 5.26 Å². The zero-order valence-corrected chi connectivity index (χ0v) is 12.4. The summed E-state index contributed by atoms with van der Waals surface area (Å²) in [6.45, 7) is 2.07. The van der Waals surface area contributed by atoms with Gasteiger partial charge < -0.3 is 4.74 Å². The van der Waals surface area contributed by atoms with E-state index >= 15 is 0 Å². The number of esters is 1. The molecule has 0 bridgehead atoms. The minimum absolute atomic E-state index is 0.313. The van der Waals surface area contributed by atoms with E-state index in [0.717, 1.165) is 9.35 Å². The Morgan fingerprint density at radius 2 is 2.16 bits per heavy atom. The molecule has 0 spiro atoms. The molecule has 0 atom stereocenters. The van der Waals surface area contributed by atoms with Gasteiger partial charge in [-0.3, -0.25) is 0 Å². The van der Waals surface area contributed by atoms with Crippen LogP contribution in [0.15, 0.2) is 28.1 Å². The maximum Gasteiger partial charge on any atom is 0.367 e. The maximum absolute atomic E-state index is 11.6. The smallest absolute Gasteiger partial charge is 0.367 e. The minimum Gasteiger partial charge on any atom is -0.461 e. The molecule has 1 aromatic carbocycles. The van der Waals surface area contributed by atoms with Crippen LogP contribution in [0.5, 0.6) is 0 Å². The molecule has 0 aliphatic heterocycles. The largest absolute Gasteiger partial charge is 0.461 e. The van der Waals surface area contributed by atoms with Gasteiger partial charge in [0, 0.05) is 5.56 Å². The molecular formula is C13H9BrN2O2S. The molecule has 0 aliphatic carbocycles. The van der Waals surface area contributed by atoms with Gasteiger partial charge in [-0.15, -0.1) is 0 Å². The molecule has 1 aromatic heterocycles. The second-order valence-corrected chi connectivity index (χ2v) is 5.87. The summed E-state index contributed by atoms with van der Waals surface area (Å²) in [7, 11) is 0. The summed E-state index contributed by atoms with van der Waals surface area (Å²) in [4.78, 5) is 15.9. The molecule has 0 aliphatic rings. The number of hydrogen-bond acceptors (Lipinski definition) is 5.